The molecule has 0 bridgehead atoms. The number of hydrogen-bond donors (Lipinski definition) is 2. The molecule has 0 aromatic heterocycles. The van der Waals surface area contributed by atoms with Crippen LogP contribution in [0.15, 0.2) is 0 Å². The Kier molecular flexibility index (Phi) is 2.99. The van der Waals surface area contributed by atoms with Gasteiger partial charge in [-0.3, -0.25) is 0 Å². The Hall–Kier alpha value is -0.130. The second-order valence-corrected chi connectivity index (χ2v) is 5.78. The Morgan fingerprint density at radius 2 is 2.00 bits per heavy atom. The van der Waals surface area contributed by atoms with Crippen LogP contribution in [0.25, 0.3) is 0 Å². The molecule has 5 heteroatoms. The van der Waals surface area contributed by atoms with E-state index in [2.05, 4.69) is 18.6 Å². The SMILES string of the molecule is CC1(C)CCCCC1NS(N)(=O)=O. The molecule has 1 saturated carbocycles. The second-order valence-electron chi connectivity index (χ2n) is 4.45. The zero-order valence-corrected chi connectivity index (χ0v) is 9.02. The Morgan fingerprint density at radius 3 is 2.46 bits per heavy atom. The van der Waals surface area contributed by atoms with Gasteiger partial charge in [-0.1, -0.05) is 26.7 Å². The fourth-order valence-corrected chi connectivity index (χ4v) is 2.74. The Bertz CT molecular complexity index is 272. The average Bonchev–Trinajstić information content (AvgIpc) is 1.91. The highest BCUT2D eigenvalue weighted by molar-refractivity contribution is 7.87. The van der Waals surface area contributed by atoms with Crippen LogP contribution in [0, 0.1) is 5.41 Å². The first kappa shape index (κ1) is 10.9. The summed E-state index contributed by atoms with van der Waals surface area (Å²) in [6.07, 6.45) is 4.20. The lowest BCUT2D eigenvalue weighted by Crippen LogP contribution is -2.48. The highest BCUT2D eigenvalue weighted by Gasteiger charge is 2.33. The van der Waals surface area contributed by atoms with Gasteiger partial charge in [-0.05, 0) is 18.3 Å². The van der Waals surface area contributed by atoms with E-state index >= 15 is 0 Å². The zero-order chi connectivity index (χ0) is 10.1. The molecule has 4 nitrogen and oxygen atoms in total. The minimum absolute atomic E-state index is 0.00347. The highest BCUT2D eigenvalue weighted by atomic mass is 32.2. The molecule has 0 aromatic carbocycles. The Morgan fingerprint density at radius 1 is 1.38 bits per heavy atom. The summed E-state index contributed by atoms with van der Waals surface area (Å²) in [6, 6.07) is -0.00347. The molecule has 1 aliphatic carbocycles. The van der Waals surface area contributed by atoms with Gasteiger partial charge >= 0.3 is 0 Å². The maximum atomic E-state index is 10.9. The number of rotatable bonds is 2. The van der Waals surface area contributed by atoms with Gasteiger partial charge in [0.15, 0.2) is 0 Å². The third-order valence-corrected chi connectivity index (χ3v) is 3.43. The molecule has 1 atom stereocenters. The average molecular weight is 206 g/mol. The van der Waals surface area contributed by atoms with Gasteiger partial charge in [0.25, 0.3) is 10.2 Å². The maximum Gasteiger partial charge on any atom is 0.274 e. The minimum atomic E-state index is -3.54. The van der Waals surface area contributed by atoms with E-state index in [1.165, 1.54) is 6.42 Å². The molecular weight excluding hydrogens is 188 g/mol. The molecule has 1 aliphatic rings. The van der Waals surface area contributed by atoms with Crippen molar-refractivity contribution in [3.05, 3.63) is 0 Å². The monoisotopic (exact) mass is 206 g/mol. The standard InChI is InChI=1S/C8H18N2O2S/c1-8(2)6-4-3-5-7(8)10-13(9,11)12/h7,10H,3-6H2,1-2H3,(H2,9,11,12). The van der Waals surface area contributed by atoms with Gasteiger partial charge < -0.3 is 0 Å². The molecule has 1 unspecified atom stereocenters. The summed E-state index contributed by atoms with van der Waals surface area (Å²) < 4.78 is 24.2. The van der Waals surface area contributed by atoms with Crippen LogP contribution in [-0.2, 0) is 10.2 Å². The van der Waals surface area contributed by atoms with Crippen molar-refractivity contribution >= 4 is 10.2 Å². The minimum Gasteiger partial charge on any atom is -0.216 e. The molecule has 0 spiro atoms. The van der Waals surface area contributed by atoms with Gasteiger partial charge in [-0.15, -0.1) is 0 Å². The molecular formula is C8H18N2O2S. The van der Waals surface area contributed by atoms with Gasteiger partial charge in [0.05, 0.1) is 0 Å². The highest BCUT2D eigenvalue weighted by Crippen LogP contribution is 2.35. The smallest absolute Gasteiger partial charge is 0.216 e. The van der Waals surface area contributed by atoms with Gasteiger partial charge in [0.1, 0.15) is 0 Å². The van der Waals surface area contributed by atoms with Crippen molar-refractivity contribution < 1.29 is 8.42 Å². The third-order valence-electron chi connectivity index (χ3n) is 2.81. The summed E-state index contributed by atoms with van der Waals surface area (Å²) in [5, 5.41) is 4.95. The van der Waals surface area contributed by atoms with E-state index in [1.54, 1.807) is 0 Å². The quantitative estimate of drug-likeness (QED) is 0.699. The first-order chi connectivity index (χ1) is 5.81. The predicted octanol–water partition coefficient (Wildman–Crippen LogP) is 0.748. The van der Waals surface area contributed by atoms with Crippen molar-refractivity contribution in [2.45, 2.75) is 45.6 Å². The summed E-state index contributed by atoms with van der Waals surface area (Å²) in [7, 11) is -3.54. The van der Waals surface area contributed by atoms with Crippen LogP contribution in [0.2, 0.25) is 0 Å². The van der Waals surface area contributed by atoms with Crippen LogP contribution in [0.3, 0.4) is 0 Å². The normalized spacial score (nSPS) is 28.7. The van der Waals surface area contributed by atoms with Crippen LogP contribution >= 0.6 is 0 Å². The molecule has 0 amide bonds. The number of nitrogens with two attached hydrogens (primary N) is 1. The fraction of sp³-hybridized carbons (Fsp3) is 1.00. The molecule has 0 heterocycles. The van der Waals surface area contributed by atoms with E-state index in [4.69, 9.17) is 5.14 Å². The van der Waals surface area contributed by atoms with Crippen molar-refractivity contribution in [2.75, 3.05) is 0 Å². The van der Waals surface area contributed by atoms with Gasteiger partial charge in [-0.25, -0.2) is 5.14 Å². The maximum absolute atomic E-state index is 10.9. The van der Waals surface area contributed by atoms with Crippen molar-refractivity contribution in [1.29, 1.82) is 0 Å². The largest absolute Gasteiger partial charge is 0.274 e. The lowest BCUT2D eigenvalue weighted by atomic mass is 9.74. The summed E-state index contributed by atoms with van der Waals surface area (Å²) in [4.78, 5) is 0. The predicted molar refractivity (Wildman–Crippen MR) is 52.3 cm³/mol. The summed E-state index contributed by atoms with van der Waals surface area (Å²) in [6.45, 7) is 4.16. The molecule has 0 aliphatic heterocycles. The van der Waals surface area contributed by atoms with E-state index in [1.807, 2.05) is 0 Å². The Labute approximate surface area is 80.1 Å². The van der Waals surface area contributed by atoms with Crippen LogP contribution in [0.1, 0.15) is 39.5 Å². The molecule has 0 aromatic rings. The lowest BCUT2D eigenvalue weighted by molar-refractivity contribution is 0.188. The van der Waals surface area contributed by atoms with Crippen molar-refractivity contribution in [3.63, 3.8) is 0 Å². The lowest BCUT2D eigenvalue weighted by Gasteiger charge is -2.38. The molecule has 78 valence electrons. The summed E-state index contributed by atoms with van der Waals surface area (Å²) in [5.41, 5.74) is 0.0324. The molecule has 1 rings (SSSR count). The van der Waals surface area contributed by atoms with Crippen LogP contribution < -0.4 is 9.86 Å². The van der Waals surface area contributed by atoms with E-state index in [9.17, 15) is 8.42 Å². The second kappa shape index (κ2) is 3.55. The van der Waals surface area contributed by atoms with E-state index in [-0.39, 0.29) is 11.5 Å². The summed E-state index contributed by atoms with van der Waals surface area (Å²) >= 11 is 0. The molecule has 1 fully saturated rings. The number of hydrogen-bond acceptors (Lipinski definition) is 2. The van der Waals surface area contributed by atoms with Gasteiger partial charge in [0.2, 0.25) is 0 Å². The first-order valence-corrected chi connectivity index (χ1v) is 6.16. The van der Waals surface area contributed by atoms with Crippen LogP contribution in [0.5, 0.6) is 0 Å². The van der Waals surface area contributed by atoms with Crippen LogP contribution in [0.4, 0.5) is 0 Å². The first-order valence-electron chi connectivity index (χ1n) is 4.61. The topological polar surface area (TPSA) is 72.2 Å². The fourth-order valence-electron chi connectivity index (χ4n) is 1.91. The number of nitrogens with one attached hydrogen (secondary N) is 1. The van der Waals surface area contributed by atoms with Crippen molar-refractivity contribution in [1.82, 2.24) is 4.72 Å². The van der Waals surface area contributed by atoms with Crippen LogP contribution in [-0.4, -0.2) is 14.5 Å². The van der Waals surface area contributed by atoms with Crippen molar-refractivity contribution in [3.8, 4) is 0 Å². The molecule has 13 heavy (non-hydrogen) atoms. The van der Waals surface area contributed by atoms with E-state index in [0.29, 0.717) is 0 Å². The zero-order valence-electron chi connectivity index (χ0n) is 8.21. The van der Waals surface area contributed by atoms with Gasteiger partial charge in [0, 0.05) is 6.04 Å². The Balaban J connectivity index is 2.67. The molecule has 3 N–H and O–H groups in total. The van der Waals surface area contributed by atoms with Gasteiger partial charge in [-0.2, -0.15) is 13.1 Å². The van der Waals surface area contributed by atoms with E-state index in [0.717, 1.165) is 19.3 Å². The third kappa shape index (κ3) is 3.25. The van der Waals surface area contributed by atoms with Crippen molar-refractivity contribution in [2.24, 2.45) is 10.6 Å². The molecule has 0 radical (unpaired) electrons. The summed E-state index contributed by atoms with van der Waals surface area (Å²) in [5.74, 6) is 0. The van der Waals surface area contributed by atoms with E-state index < -0.39 is 10.2 Å². The molecule has 0 saturated heterocycles.